The zero-order valence-corrected chi connectivity index (χ0v) is 8.68. The van der Waals surface area contributed by atoms with Gasteiger partial charge in [-0.1, -0.05) is 0 Å². The number of hydrogen-bond acceptors (Lipinski definition) is 4. The van der Waals surface area contributed by atoms with Crippen LogP contribution in [0.25, 0.3) is 0 Å². The molecule has 0 radical (unpaired) electrons. The van der Waals surface area contributed by atoms with E-state index in [4.69, 9.17) is 10.2 Å². The third-order valence-corrected chi connectivity index (χ3v) is 1.58. The normalized spacial score (nSPS) is 13.4. The summed E-state index contributed by atoms with van der Waals surface area (Å²) in [7, 11) is 0. The van der Waals surface area contributed by atoms with Crippen LogP contribution in [0, 0.1) is 0 Å². The van der Waals surface area contributed by atoms with E-state index in [0.29, 0.717) is 0 Å². The topological polar surface area (TPSA) is 133 Å². The fourth-order valence-electron chi connectivity index (χ4n) is 1.01. The first-order valence-electron chi connectivity index (χ1n) is 4.25. The lowest BCUT2D eigenvalue weighted by atomic mass is 10.1. The minimum absolute atomic E-state index is 0.705. The molecule has 2 amide bonds. The van der Waals surface area contributed by atoms with E-state index in [2.05, 4.69) is 0 Å². The molecule has 90 valence electrons. The third kappa shape index (κ3) is 4.40. The number of carbonyl (C=O) groups is 4. The number of amides is 2. The maximum absolute atomic E-state index is 10.7. The van der Waals surface area contributed by atoms with Gasteiger partial charge in [-0.2, -0.15) is 0 Å². The third-order valence-electron chi connectivity index (χ3n) is 1.58. The maximum Gasteiger partial charge on any atom is 0.329 e. The molecule has 4 N–H and O–H groups in total. The van der Waals surface area contributed by atoms with Crippen LogP contribution in [0.4, 0.5) is 0 Å². The molecule has 0 saturated carbocycles. The number of hydrogen-bond donors (Lipinski definition) is 4. The summed E-state index contributed by atoms with van der Waals surface area (Å²) in [6.07, 6.45) is 0. The Morgan fingerprint density at radius 2 is 1.06 bits per heavy atom. The number of rotatable bonds is 5. The summed E-state index contributed by atoms with van der Waals surface area (Å²) in [5.74, 6) is -4.50. The van der Waals surface area contributed by atoms with Gasteiger partial charge in [0, 0.05) is 13.8 Å². The Kier molecular flexibility index (Phi) is 4.93. The Bertz CT molecular complexity index is 294. The van der Waals surface area contributed by atoms with Crippen LogP contribution in [0.15, 0.2) is 0 Å². The van der Waals surface area contributed by atoms with E-state index >= 15 is 0 Å². The van der Waals surface area contributed by atoms with Gasteiger partial charge in [-0.05, 0) is 0 Å². The molecule has 0 fully saturated rings. The summed E-state index contributed by atoms with van der Waals surface area (Å²) in [6, 6.07) is -3.42. The number of nitrogens with one attached hydrogen (secondary N) is 2. The van der Waals surface area contributed by atoms with Gasteiger partial charge in [0.1, 0.15) is 0 Å². The standard InChI is InChI=1S/C8H12N2O6/c1-3(11)9-5(7(13)14)6(8(15)16)10-4(2)12/h5-6H,1-2H3,(H,9,11)(H,10,12)(H,13,14)(H,15,16). The molecule has 0 aliphatic carbocycles. The second kappa shape index (κ2) is 5.69. The second-order valence-corrected chi connectivity index (χ2v) is 3.03. The van der Waals surface area contributed by atoms with Gasteiger partial charge in [0.05, 0.1) is 0 Å². The van der Waals surface area contributed by atoms with E-state index in [-0.39, 0.29) is 0 Å². The van der Waals surface area contributed by atoms with Gasteiger partial charge in [-0.3, -0.25) is 9.59 Å². The van der Waals surface area contributed by atoms with Gasteiger partial charge in [0.25, 0.3) is 0 Å². The van der Waals surface area contributed by atoms with Crippen molar-refractivity contribution >= 4 is 23.8 Å². The van der Waals surface area contributed by atoms with Gasteiger partial charge >= 0.3 is 11.9 Å². The Balaban J connectivity index is 4.93. The summed E-state index contributed by atoms with van der Waals surface area (Å²) in [6.45, 7) is 2.09. The zero-order chi connectivity index (χ0) is 12.9. The SMILES string of the molecule is CC(=O)NC(C(=O)O)C(NC(C)=O)C(=O)O. The van der Waals surface area contributed by atoms with Crippen molar-refractivity contribution in [3.8, 4) is 0 Å². The summed E-state index contributed by atoms with van der Waals surface area (Å²) < 4.78 is 0. The average Bonchev–Trinajstić information content (AvgIpc) is 2.09. The fraction of sp³-hybridized carbons (Fsp3) is 0.500. The second-order valence-electron chi connectivity index (χ2n) is 3.03. The molecule has 0 aliphatic heterocycles. The highest BCUT2D eigenvalue weighted by Crippen LogP contribution is 1.96. The van der Waals surface area contributed by atoms with E-state index in [1.807, 2.05) is 10.6 Å². The summed E-state index contributed by atoms with van der Waals surface area (Å²) >= 11 is 0. The highest BCUT2D eigenvalue weighted by Gasteiger charge is 2.35. The zero-order valence-electron chi connectivity index (χ0n) is 8.68. The van der Waals surface area contributed by atoms with Gasteiger partial charge in [-0.15, -0.1) is 0 Å². The molecule has 0 aromatic carbocycles. The smallest absolute Gasteiger partial charge is 0.329 e. The summed E-state index contributed by atoms with van der Waals surface area (Å²) in [5.41, 5.74) is 0. The van der Waals surface area contributed by atoms with E-state index in [1.165, 1.54) is 0 Å². The molecule has 0 rings (SSSR count). The molecule has 8 nitrogen and oxygen atoms in total. The van der Waals surface area contributed by atoms with Crippen molar-refractivity contribution in [1.82, 2.24) is 10.6 Å². The van der Waals surface area contributed by atoms with Crippen molar-refractivity contribution < 1.29 is 29.4 Å². The summed E-state index contributed by atoms with van der Waals surface area (Å²) in [4.78, 5) is 42.8. The molecule has 0 bridgehead atoms. The Labute approximate surface area is 90.6 Å². The molecule has 8 heteroatoms. The molecule has 2 atom stereocenters. The van der Waals surface area contributed by atoms with E-state index in [1.54, 1.807) is 0 Å². The molecule has 16 heavy (non-hydrogen) atoms. The predicted octanol–water partition coefficient (Wildman–Crippen LogP) is -1.83. The lowest BCUT2D eigenvalue weighted by Gasteiger charge is -2.21. The molecule has 0 aromatic heterocycles. The van der Waals surface area contributed by atoms with Crippen LogP contribution in [0.2, 0.25) is 0 Å². The van der Waals surface area contributed by atoms with Crippen LogP contribution >= 0.6 is 0 Å². The van der Waals surface area contributed by atoms with E-state index < -0.39 is 35.8 Å². The molecular formula is C8H12N2O6. The largest absolute Gasteiger partial charge is 0.480 e. The predicted molar refractivity (Wildman–Crippen MR) is 50.5 cm³/mol. The summed E-state index contributed by atoms with van der Waals surface area (Å²) in [5, 5.41) is 21.3. The number of aliphatic carboxylic acids is 2. The van der Waals surface area contributed by atoms with Crippen LogP contribution in [0.5, 0.6) is 0 Å². The lowest BCUT2D eigenvalue weighted by molar-refractivity contribution is -0.150. The first-order chi connectivity index (χ1) is 7.25. The van der Waals surface area contributed by atoms with Gasteiger partial charge in [0.15, 0.2) is 12.1 Å². The van der Waals surface area contributed by atoms with Crippen molar-refractivity contribution in [2.24, 2.45) is 0 Å². The lowest BCUT2D eigenvalue weighted by Crippen LogP contribution is -2.58. The molecule has 0 aromatic rings. The van der Waals surface area contributed by atoms with Crippen LogP contribution in [-0.4, -0.2) is 46.0 Å². The van der Waals surface area contributed by atoms with E-state index in [0.717, 1.165) is 13.8 Å². The Hall–Kier alpha value is -2.12. The number of carboxylic acid groups (broad SMARTS) is 2. The van der Waals surface area contributed by atoms with Gasteiger partial charge in [0.2, 0.25) is 11.8 Å². The van der Waals surface area contributed by atoms with Crippen LogP contribution in [-0.2, 0) is 19.2 Å². The molecular weight excluding hydrogens is 220 g/mol. The van der Waals surface area contributed by atoms with Crippen molar-refractivity contribution in [2.45, 2.75) is 25.9 Å². The van der Waals surface area contributed by atoms with Crippen molar-refractivity contribution in [2.75, 3.05) is 0 Å². The first-order valence-corrected chi connectivity index (χ1v) is 4.25. The quantitative estimate of drug-likeness (QED) is 0.440. The fourth-order valence-corrected chi connectivity index (χ4v) is 1.01. The minimum Gasteiger partial charge on any atom is -0.480 e. The van der Waals surface area contributed by atoms with Crippen molar-refractivity contribution in [1.29, 1.82) is 0 Å². The maximum atomic E-state index is 10.7. The highest BCUT2D eigenvalue weighted by molar-refractivity contribution is 5.91. The molecule has 2 unspecified atom stereocenters. The number of carbonyl (C=O) groups excluding carboxylic acids is 2. The molecule has 0 saturated heterocycles. The monoisotopic (exact) mass is 232 g/mol. The van der Waals surface area contributed by atoms with Crippen LogP contribution in [0.1, 0.15) is 13.8 Å². The molecule has 0 heterocycles. The minimum atomic E-state index is -1.71. The van der Waals surface area contributed by atoms with Crippen molar-refractivity contribution in [3.05, 3.63) is 0 Å². The van der Waals surface area contributed by atoms with E-state index in [9.17, 15) is 19.2 Å². The Morgan fingerprint density at radius 1 is 0.812 bits per heavy atom. The number of carboxylic acids is 2. The molecule has 0 aliphatic rings. The highest BCUT2D eigenvalue weighted by atomic mass is 16.4. The Morgan fingerprint density at radius 3 is 1.19 bits per heavy atom. The first kappa shape index (κ1) is 13.9. The van der Waals surface area contributed by atoms with Crippen LogP contribution in [0.3, 0.4) is 0 Å². The average molecular weight is 232 g/mol. The van der Waals surface area contributed by atoms with Crippen molar-refractivity contribution in [3.63, 3.8) is 0 Å². The van der Waals surface area contributed by atoms with Gasteiger partial charge in [-0.25, -0.2) is 9.59 Å². The molecule has 0 spiro atoms. The van der Waals surface area contributed by atoms with Crippen LogP contribution < -0.4 is 10.6 Å². The van der Waals surface area contributed by atoms with Gasteiger partial charge < -0.3 is 20.8 Å².